The van der Waals surface area contributed by atoms with Crippen LogP contribution >= 0.6 is 18.0 Å². The molecule has 36 heavy (non-hydrogen) atoms. The number of unbranched alkanes of at least 4 members (excludes halogenated alkanes) is 3. The molecule has 0 aliphatic rings. The van der Waals surface area contributed by atoms with Gasteiger partial charge in [0.15, 0.2) is 0 Å². The molecule has 1 amide bonds. The summed E-state index contributed by atoms with van der Waals surface area (Å²) in [5.41, 5.74) is 0. The van der Waals surface area contributed by atoms with Crippen molar-refractivity contribution in [2.75, 3.05) is 18.8 Å². The van der Waals surface area contributed by atoms with Gasteiger partial charge in [0.25, 0.3) is 15.9 Å². The van der Waals surface area contributed by atoms with Crippen LogP contribution in [-0.4, -0.2) is 47.7 Å². The number of amides is 1. The zero-order valence-electron chi connectivity index (χ0n) is 22.0. The van der Waals surface area contributed by atoms with Gasteiger partial charge in [-0.2, -0.15) is 0 Å². The predicted molar refractivity (Wildman–Crippen MR) is 149 cm³/mol. The van der Waals surface area contributed by atoms with Gasteiger partial charge in [-0.15, -0.1) is 10.5 Å². The molecule has 0 N–H and O–H groups in total. The Morgan fingerprint density at radius 1 is 1.08 bits per heavy atom. The van der Waals surface area contributed by atoms with Crippen LogP contribution in [0.1, 0.15) is 79.1 Å². The third-order valence-electron chi connectivity index (χ3n) is 5.85. The molecule has 7 nitrogen and oxygen atoms in total. The fraction of sp³-hybridized carbons (Fsp3) is 0.615. The maximum absolute atomic E-state index is 14.8. The molecule has 10 heteroatoms. The smallest absolute Gasteiger partial charge is 0.289 e. The van der Waals surface area contributed by atoms with Gasteiger partial charge < -0.3 is 0 Å². The summed E-state index contributed by atoms with van der Waals surface area (Å²) in [5.74, 6) is 1.16. The lowest BCUT2D eigenvalue weighted by Crippen LogP contribution is -2.41. The van der Waals surface area contributed by atoms with Crippen LogP contribution < -0.4 is 0 Å². The summed E-state index contributed by atoms with van der Waals surface area (Å²) in [6.07, 6.45) is 10.7. The first kappa shape index (κ1) is 32.4. The van der Waals surface area contributed by atoms with Gasteiger partial charge >= 0.3 is 6.65 Å². The van der Waals surface area contributed by atoms with Crippen LogP contribution in [0.5, 0.6) is 0 Å². The standard InChI is InChI=1S/C26H41N2O5PS2/c1-6-10-11-15-18-25(29)26(30)27(20-7-2)34(31,35-22-8-3)28(21-19-23(5)9-4)36(32,33)24-16-13-12-14-17-24/h2,12-14,16-17,23H,6,8-11,15,18-22H2,1,3-5H3. The maximum atomic E-state index is 14.8. The summed E-state index contributed by atoms with van der Waals surface area (Å²) in [7, 11) is -4.26. The number of hydrogen-bond donors (Lipinski definition) is 0. The Bertz CT molecular complexity index is 1020. The molecular weight excluding hydrogens is 515 g/mol. The van der Waals surface area contributed by atoms with Crippen molar-refractivity contribution in [2.45, 2.75) is 84.0 Å². The minimum Gasteiger partial charge on any atom is -0.289 e. The van der Waals surface area contributed by atoms with Gasteiger partial charge in [0.05, 0.1) is 11.4 Å². The molecule has 2 unspecified atom stereocenters. The molecule has 0 heterocycles. The summed E-state index contributed by atoms with van der Waals surface area (Å²) >= 11 is 0.898. The third kappa shape index (κ3) is 9.06. The second kappa shape index (κ2) is 16.3. The minimum absolute atomic E-state index is 0.0106. The molecule has 2 atom stereocenters. The molecule has 0 saturated carbocycles. The number of benzene rings is 1. The highest BCUT2D eigenvalue weighted by molar-refractivity contribution is 8.57. The molecule has 0 bridgehead atoms. The van der Waals surface area contributed by atoms with Gasteiger partial charge in [-0.1, -0.05) is 88.9 Å². The number of sulfonamides is 1. The Labute approximate surface area is 222 Å². The van der Waals surface area contributed by atoms with Crippen LogP contribution in [0.4, 0.5) is 0 Å². The molecule has 202 valence electrons. The Balaban J connectivity index is 3.58. The first-order valence-electron chi connectivity index (χ1n) is 12.7. The highest BCUT2D eigenvalue weighted by Crippen LogP contribution is 2.66. The highest BCUT2D eigenvalue weighted by Gasteiger charge is 2.48. The summed E-state index contributed by atoms with van der Waals surface area (Å²) in [4.78, 5) is 26.2. The second-order valence-corrected chi connectivity index (χ2v) is 15.7. The zero-order valence-corrected chi connectivity index (χ0v) is 24.5. The fourth-order valence-corrected chi connectivity index (χ4v) is 12.0. The fourth-order valence-electron chi connectivity index (χ4n) is 3.42. The lowest BCUT2D eigenvalue weighted by Gasteiger charge is -2.37. The molecular formula is C26H41N2O5PS2. The third-order valence-corrected chi connectivity index (χ3v) is 14.4. The number of rotatable bonds is 18. The Kier molecular flexibility index (Phi) is 14.7. The van der Waals surface area contributed by atoms with Crippen LogP contribution in [0.2, 0.25) is 0 Å². The van der Waals surface area contributed by atoms with E-state index >= 15 is 0 Å². The average molecular weight is 557 g/mol. The van der Waals surface area contributed by atoms with E-state index in [0.717, 1.165) is 45.8 Å². The van der Waals surface area contributed by atoms with E-state index < -0.39 is 34.9 Å². The SMILES string of the molecule is C#CCN(C(=O)C(=O)CCCCCC)P(=O)(SCCC)N(CCC(C)CC)S(=O)(=O)c1ccccc1. The van der Waals surface area contributed by atoms with Crippen molar-refractivity contribution in [3.63, 3.8) is 0 Å². The van der Waals surface area contributed by atoms with Crippen LogP contribution in [0, 0.1) is 18.3 Å². The summed E-state index contributed by atoms with van der Waals surface area (Å²) in [5, 5.41) is 0. The molecule has 0 spiro atoms. The first-order chi connectivity index (χ1) is 17.1. The van der Waals surface area contributed by atoms with Gasteiger partial charge in [0, 0.05) is 18.7 Å². The number of carbonyl (C=O) groups is 2. The summed E-state index contributed by atoms with van der Waals surface area (Å²) in [6.45, 7) is 3.23. The average Bonchev–Trinajstić information content (AvgIpc) is 2.88. The topological polar surface area (TPSA) is 91.8 Å². The van der Waals surface area contributed by atoms with E-state index in [1.807, 2.05) is 27.7 Å². The summed E-state index contributed by atoms with van der Waals surface area (Å²) in [6, 6.07) is 7.75. The van der Waals surface area contributed by atoms with Crippen molar-refractivity contribution in [1.29, 1.82) is 0 Å². The summed E-state index contributed by atoms with van der Waals surface area (Å²) < 4.78 is 44.3. The molecule has 0 aliphatic heterocycles. The van der Waals surface area contributed by atoms with Crippen molar-refractivity contribution >= 4 is 39.7 Å². The van der Waals surface area contributed by atoms with E-state index in [9.17, 15) is 22.6 Å². The number of ketones is 1. The van der Waals surface area contributed by atoms with Crippen molar-refractivity contribution < 1.29 is 22.6 Å². The highest BCUT2D eigenvalue weighted by atomic mass is 32.7. The van der Waals surface area contributed by atoms with Crippen molar-refractivity contribution in [3.05, 3.63) is 30.3 Å². The molecule has 1 rings (SSSR count). The Hall–Kier alpha value is -1.59. The lowest BCUT2D eigenvalue weighted by atomic mass is 10.1. The van der Waals surface area contributed by atoms with E-state index in [4.69, 9.17) is 6.42 Å². The molecule has 0 fully saturated rings. The van der Waals surface area contributed by atoms with Crippen LogP contribution in [0.15, 0.2) is 35.2 Å². The van der Waals surface area contributed by atoms with Gasteiger partial charge in [-0.05, 0) is 37.3 Å². The second-order valence-electron chi connectivity index (χ2n) is 8.79. The number of hydrogen-bond acceptors (Lipinski definition) is 6. The van der Waals surface area contributed by atoms with Crippen molar-refractivity contribution in [1.82, 2.24) is 8.75 Å². The maximum Gasteiger partial charge on any atom is 0.312 e. The number of carbonyl (C=O) groups excluding carboxylic acids is 2. The first-order valence-corrected chi connectivity index (χ1v) is 17.4. The predicted octanol–water partition coefficient (Wildman–Crippen LogP) is 6.37. The van der Waals surface area contributed by atoms with E-state index in [1.54, 1.807) is 18.2 Å². The Morgan fingerprint density at radius 3 is 2.31 bits per heavy atom. The molecule has 0 radical (unpaired) electrons. The van der Waals surface area contributed by atoms with Gasteiger partial charge in [-0.3, -0.25) is 18.8 Å². The van der Waals surface area contributed by atoms with Crippen molar-refractivity contribution in [2.24, 2.45) is 5.92 Å². The van der Waals surface area contributed by atoms with Gasteiger partial charge in [-0.25, -0.2) is 8.42 Å². The normalized spacial score (nSPS) is 14.1. The van der Waals surface area contributed by atoms with E-state index in [-0.39, 0.29) is 23.8 Å². The number of nitrogens with zero attached hydrogens (tertiary/aromatic N) is 2. The van der Waals surface area contributed by atoms with Crippen LogP contribution in [0.3, 0.4) is 0 Å². The lowest BCUT2D eigenvalue weighted by molar-refractivity contribution is -0.141. The van der Waals surface area contributed by atoms with Crippen LogP contribution in [-0.2, 0) is 24.2 Å². The van der Waals surface area contributed by atoms with E-state index in [0.29, 0.717) is 25.0 Å². The molecule has 0 saturated heterocycles. The number of terminal acetylenes is 1. The zero-order chi connectivity index (χ0) is 27.2. The van der Waals surface area contributed by atoms with Crippen LogP contribution in [0.25, 0.3) is 0 Å². The van der Waals surface area contributed by atoms with E-state index in [1.165, 1.54) is 12.1 Å². The number of Topliss-reactive ketones (excluding diaryl/α,β-unsaturated/α-hetero) is 1. The quantitative estimate of drug-likeness (QED) is 0.0904. The van der Waals surface area contributed by atoms with Gasteiger partial charge in [0.1, 0.15) is 0 Å². The molecule has 1 aromatic rings. The minimum atomic E-state index is -4.26. The Morgan fingerprint density at radius 2 is 1.75 bits per heavy atom. The van der Waals surface area contributed by atoms with Gasteiger partial charge in [0.2, 0.25) is 5.78 Å². The molecule has 1 aromatic carbocycles. The molecule has 0 aliphatic carbocycles. The van der Waals surface area contributed by atoms with E-state index in [2.05, 4.69) is 5.92 Å². The molecule has 0 aromatic heterocycles. The monoisotopic (exact) mass is 556 g/mol. The van der Waals surface area contributed by atoms with Crippen molar-refractivity contribution in [3.8, 4) is 12.3 Å². The largest absolute Gasteiger partial charge is 0.312 e.